The minimum absolute atomic E-state index is 0.247. The molecule has 0 radical (unpaired) electrons. The topological polar surface area (TPSA) is 36.4 Å². The lowest BCUT2D eigenvalue weighted by atomic mass is 9.53. The Kier molecular flexibility index (Phi) is 4.34. The maximum absolute atomic E-state index is 5.49. The first-order valence-electron chi connectivity index (χ1n) is 8.47. The first kappa shape index (κ1) is 15.8. The van der Waals surface area contributed by atoms with E-state index in [4.69, 9.17) is 12.2 Å². The fourth-order valence-electron chi connectivity index (χ4n) is 5.28. The first-order valence-corrected chi connectivity index (χ1v) is 9.96. The molecule has 4 aliphatic carbocycles. The molecule has 4 bridgehead atoms. The maximum atomic E-state index is 5.49. The normalized spacial score (nSPS) is 34.7. The number of nitrogens with zero attached hydrogens (tertiary/aromatic N) is 1. The van der Waals surface area contributed by atoms with Crippen molar-refractivity contribution in [3.8, 4) is 0 Å². The Labute approximate surface area is 156 Å². The van der Waals surface area contributed by atoms with Crippen LogP contribution in [0.4, 0.5) is 0 Å². The van der Waals surface area contributed by atoms with Gasteiger partial charge in [0.1, 0.15) is 0 Å². The summed E-state index contributed by atoms with van der Waals surface area (Å²) < 4.78 is 1.21. The molecule has 5 rings (SSSR count). The zero-order valence-corrected chi connectivity index (χ0v) is 16.1. The van der Waals surface area contributed by atoms with Crippen molar-refractivity contribution in [3.05, 3.63) is 33.4 Å². The monoisotopic (exact) mass is 439 g/mol. The fourth-order valence-corrected chi connectivity index (χ4v) is 6.12. The Morgan fingerprint density at radius 2 is 1.83 bits per heavy atom. The fraction of sp³-hybridized carbons (Fsp3) is 0.556. The molecule has 1 aromatic rings. The Morgan fingerprint density at radius 1 is 1.17 bits per heavy atom. The van der Waals surface area contributed by atoms with Gasteiger partial charge in [0.05, 0.1) is 6.21 Å². The van der Waals surface area contributed by atoms with Crippen LogP contribution >= 0.6 is 34.8 Å². The lowest BCUT2D eigenvalue weighted by Crippen LogP contribution is -2.61. The van der Waals surface area contributed by atoms with Crippen LogP contribution in [0.25, 0.3) is 0 Å². The van der Waals surface area contributed by atoms with Crippen molar-refractivity contribution in [2.24, 2.45) is 22.9 Å². The van der Waals surface area contributed by atoms with Crippen molar-refractivity contribution in [3.63, 3.8) is 0 Å². The molecule has 4 aliphatic rings. The van der Waals surface area contributed by atoms with Gasteiger partial charge in [-0.15, -0.1) is 0 Å². The summed E-state index contributed by atoms with van der Waals surface area (Å²) in [5, 5.41) is 8.60. The summed E-state index contributed by atoms with van der Waals surface area (Å²) in [5.41, 5.74) is 4.34. The second kappa shape index (κ2) is 6.31. The summed E-state index contributed by atoms with van der Waals surface area (Å²) in [7, 11) is 0. The summed E-state index contributed by atoms with van der Waals surface area (Å²) in [4.78, 5) is 0. The van der Waals surface area contributed by atoms with Crippen LogP contribution in [-0.2, 0) is 0 Å². The molecule has 1 aromatic carbocycles. The highest BCUT2D eigenvalue weighted by molar-refractivity contribution is 14.1. The second-order valence-corrected chi connectivity index (χ2v) is 9.23. The van der Waals surface area contributed by atoms with E-state index >= 15 is 0 Å². The molecule has 4 saturated carbocycles. The van der Waals surface area contributed by atoms with Gasteiger partial charge in [0, 0.05) is 9.11 Å². The molecule has 0 unspecified atom stereocenters. The Morgan fingerprint density at radius 3 is 2.43 bits per heavy atom. The third-order valence-corrected chi connectivity index (χ3v) is 6.51. The van der Waals surface area contributed by atoms with Gasteiger partial charge >= 0.3 is 0 Å². The van der Waals surface area contributed by atoms with E-state index in [0.717, 1.165) is 23.3 Å². The molecule has 0 aromatic heterocycles. The lowest BCUT2D eigenvalue weighted by molar-refractivity contribution is -0.0101. The maximum Gasteiger partial charge on any atom is 0.187 e. The van der Waals surface area contributed by atoms with E-state index < -0.39 is 0 Å². The van der Waals surface area contributed by atoms with Crippen LogP contribution in [0.15, 0.2) is 29.4 Å². The summed E-state index contributed by atoms with van der Waals surface area (Å²) >= 11 is 7.80. The predicted octanol–water partition coefficient (Wildman–Crippen LogP) is 4.06. The number of hydrogen-bond acceptors (Lipinski definition) is 2. The number of nitrogens with one attached hydrogen (secondary N) is 2. The van der Waals surface area contributed by atoms with Crippen LogP contribution in [0.5, 0.6) is 0 Å². The van der Waals surface area contributed by atoms with E-state index in [2.05, 4.69) is 50.6 Å². The van der Waals surface area contributed by atoms with Gasteiger partial charge in [-0.2, -0.15) is 5.10 Å². The second-order valence-electron chi connectivity index (χ2n) is 7.58. The van der Waals surface area contributed by atoms with E-state index in [0.29, 0.717) is 5.11 Å². The number of hydrogen-bond donors (Lipinski definition) is 2. The molecule has 3 nitrogen and oxygen atoms in total. The number of rotatable bonds is 3. The molecule has 2 N–H and O–H groups in total. The summed E-state index contributed by atoms with van der Waals surface area (Å²) in [5.74, 6) is 2.77. The zero-order chi connectivity index (χ0) is 15.9. The van der Waals surface area contributed by atoms with Crippen molar-refractivity contribution in [2.75, 3.05) is 0 Å². The Hall–Kier alpha value is -0.690. The van der Waals surface area contributed by atoms with Gasteiger partial charge in [-0.3, -0.25) is 5.43 Å². The molecule has 122 valence electrons. The Bertz CT molecular complexity index is 608. The van der Waals surface area contributed by atoms with Crippen molar-refractivity contribution in [1.29, 1.82) is 0 Å². The van der Waals surface area contributed by atoms with E-state index in [1.807, 2.05) is 18.3 Å². The molecule has 0 aliphatic heterocycles. The highest BCUT2D eigenvalue weighted by Gasteiger charge is 2.51. The average molecular weight is 439 g/mol. The van der Waals surface area contributed by atoms with Crippen LogP contribution in [-0.4, -0.2) is 16.9 Å². The molecule has 4 fully saturated rings. The standard InChI is InChI=1S/C18H22IN3S/c19-16-3-1-2-12(7-16)11-20-22-17(23)21-18-8-13-4-14(9-18)6-15(5-13)10-18/h1-3,7,11,13-15H,4-6,8-10H2,(H2,21,22,23). The molecular formula is C18H22IN3S. The van der Waals surface area contributed by atoms with Crippen molar-refractivity contribution in [1.82, 2.24) is 10.7 Å². The number of halogens is 1. The predicted molar refractivity (Wildman–Crippen MR) is 107 cm³/mol. The third-order valence-electron chi connectivity index (χ3n) is 5.65. The van der Waals surface area contributed by atoms with Crippen LogP contribution in [0, 0.1) is 21.3 Å². The zero-order valence-electron chi connectivity index (χ0n) is 13.1. The largest absolute Gasteiger partial charge is 0.356 e. The van der Waals surface area contributed by atoms with E-state index in [1.54, 1.807) is 0 Å². The van der Waals surface area contributed by atoms with Crippen molar-refractivity contribution in [2.45, 2.75) is 44.1 Å². The number of thiocarbonyl (C=S) groups is 1. The van der Waals surface area contributed by atoms with Crippen molar-refractivity contribution < 1.29 is 0 Å². The van der Waals surface area contributed by atoms with Crippen LogP contribution in [0.2, 0.25) is 0 Å². The molecule has 0 spiro atoms. The van der Waals surface area contributed by atoms with Crippen molar-refractivity contribution >= 4 is 46.1 Å². The smallest absolute Gasteiger partial charge is 0.187 e. The summed E-state index contributed by atoms with van der Waals surface area (Å²) in [6.45, 7) is 0. The first-order chi connectivity index (χ1) is 11.1. The number of hydrazone groups is 1. The van der Waals surface area contributed by atoms with Gasteiger partial charge < -0.3 is 5.32 Å². The van der Waals surface area contributed by atoms with Crippen LogP contribution in [0.3, 0.4) is 0 Å². The van der Waals surface area contributed by atoms with Gasteiger partial charge in [0.15, 0.2) is 5.11 Å². The average Bonchev–Trinajstić information content (AvgIpc) is 2.45. The SMILES string of the molecule is S=C(NN=Cc1cccc(I)c1)NC12CC3CC(CC(C3)C1)C2. The van der Waals surface area contributed by atoms with Crippen LogP contribution < -0.4 is 10.7 Å². The minimum atomic E-state index is 0.247. The quantitative estimate of drug-likeness (QED) is 0.323. The van der Waals surface area contributed by atoms with E-state index in [1.165, 1.54) is 42.1 Å². The van der Waals surface area contributed by atoms with Gasteiger partial charge in [-0.05, 0) is 109 Å². The molecular weight excluding hydrogens is 417 g/mol. The van der Waals surface area contributed by atoms with Gasteiger partial charge in [-0.1, -0.05) is 12.1 Å². The number of benzene rings is 1. The minimum Gasteiger partial charge on any atom is -0.356 e. The van der Waals surface area contributed by atoms with E-state index in [9.17, 15) is 0 Å². The van der Waals surface area contributed by atoms with Crippen LogP contribution in [0.1, 0.15) is 44.1 Å². The Balaban J connectivity index is 1.35. The molecule has 0 saturated heterocycles. The van der Waals surface area contributed by atoms with Gasteiger partial charge in [-0.25, -0.2) is 0 Å². The van der Waals surface area contributed by atoms with Gasteiger partial charge in [0.25, 0.3) is 0 Å². The molecule has 0 heterocycles. The molecule has 0 amide bonds. The molecule has 0 atom stereocenters. The summed E-state index contributed by atoms with van der Waals surface area (Å²) in [6, 6.07) is 8.25. The third kappa shape index (κ3) is 3.55. The van der Waals surface area contributed by atoms with Gasteiger partial charge in [0.2, 0.25) is 0 Å². The highest BCUT2D eigenvalue weighted by atomic mass is 127. The van der Waals surface area contributed by atoms with E-state index in [-0.39, 0.29) is 5.54 Å². The molecule has 5 heteroatoms. The molecule has 23 heavy (non-hydrogen) atoms. The highest BCUT2D eigenvalue weighted by Crippen LogP contribution is 2.55. The summed E-state index contributed by atoms with van der Waals surface area (Å²) in [6.07, 6.45) is 10.1. The lowest BCUT2D eigenvalue weighted by Gasteiger charge is -2.57.